The van der Waals surface area contributed by atoms with Crippen LogP contribution in [0.15, 0.2) is 33.5 Å². The summed E-state index contributed by atoms with van der Waals surface area (Å²) in [4.78, 5) is 12.1. The zero-order valence-electron chi connectivity index (χ0n) is 13.8. The highest BCUT2D eigenvalue weighted by molar-refractivity contribution is 8.01. The van der Waals surface area contributed by atoms with Crippen molar-refractivity contribution in [3.63, 3.8) is 0 Å². The minimum atomic E-state index is -3.50. The second kappa shape index (κ2) is 8.61. The molecule has 25 heavy (non-hydrogen) atoms. The first-order valence-electron chi connectivity index (χ1n) is 7.48. The number of benzene rings is 1. The lowest BCUT2D eigenvalue weighted by Gasteiger charge is -2.18. The van der Waals surface area contributed by atoms with Gasteiger partial charge in [-0.25, -0.2) is 8.42 Å². The van der Waals surface area contributed by atoms with Gasteiger partial charge in [-0.1, -0.05) is 36.9 Å². The largest absolute Gasteiger partial charge is 0.374 e. The van der Waals surface area contributed by atoms with Gasteiger partial charge in [-0.05, 0) is 24.3 Å². The number of sulfonamides is 1. The highest BCUT2D eigenvalue weighted by Crippen LogP contribution is 2.24. The van der Waals surface area contributed by atoms with Gasteiger partial charge in [0.15, 0.2) is 4.34 Å². The minimum absolute atomic E-state index is 0.161. The van der Waals surface area contributed by atoms with Gasteiger partial charge in [0.05, 0.1) is 10.6 Å². The molecule has 0 saturated heterocycles. The molecule has 0 aliphatic heterocycles. The lowest BCUT2D eigenvalue weighted by Crippen LogP contribution is -2.30. The normalized spacial score (nSPS) is 11.6. The van der Waals surface area contributed by atoms with Crippen molar-refractivity contribution in [3.05, 3.63) is 24.3 Å². The number of nitrogens with two attached hydrogens (primary N) is 1. The van der Waals surface area contributed by atoms with Crippen molar-refractivity contribution in [2.45, 2.75) is 23.1 Å². The van der Waals surface area contributed by atoms with Crippen LogP contribution >= 0.6 is 23.1 Å². The van der Waals surface area contributed by atoms with Gasteiger partial charge in [0, 0.05) is 18.8 Å². The molecule has 1 aromatic carbocycles. The van der Waals surface area contributed by atoms with E-state index in [2.05, 4.69) is 15.5 Å². The van der Waals surface area contributed by atoms with Crippen LogP contribution in [0.2, 0.25) is 0 Å². The zero-order valence-corrected chi connectivity index (χ0v) is 16.2. The molecule has 0 fully saturated rings. The zero-order chi connectivity index (χ0) is 18.4. The highest BCUT2D eigenvalue weighted by Gasteiger charge is 2.21. The van der Waals surface area contributed by atoms with Crippen LogP contribution in [0.5, 0.6) is 0 Å². The van der Waals surface area contributed by atoms with E-state index in [4.69, 9.17) is 5.73 Å². The van der Waals surface area contributed by atoms with Crippen LogP contribution in [0.25, 0.3) is 0 Å². The molecule has 3 N–H and O–H groups in total. The summed E-state index contributed by atoms with van der Waals surface area (Å²) in [6.45, 7) is 4.40. The topological polar surface area (TPSA) is 118 Å². The smallest absolute Gasteiger partial charge is 0.243 e. The predicted octanol–water partition coefficient (Wildman–Crippen LogP) is 1.88. The number of nitrogen functional groups attached to an aromatic ring is 1. The molecule has 1 amide bonds. The van der Waals surface area contributed by atoms with E-state index in [1.165, 1.54) is 39.5 Å². The number of nitrogens with zero attached hydrogens (tertiary/aromatic N) is 3. The number of amides is 1. The van der Waals surface area contributed by atoms with Gasteiger partial charge in [-0.15, -0.1) is 10.2 Å². The number of thioether (sulfide) groups is 1. The Morgan fingerprint density at radius 2 is 1.88 bits per heavy atom. The van der Waals surface area contributed by atoms with E-state index in [-0.39, 0.29) is 16.6 Å². The number of hydrogen-bond donors (Lipinski definition) is 2. The molecule has 1 heterocycles. The highest BCUT2D eigenvalue weighted by atomic mass is 32.2. The van der Waals surface area contributed by atoms with Gasteiger partial charge in [-0.3, -0.25) is 4.79 Å². The van der Waals surface area contributed by atoms with E-state index in [1.807, 2.05) is 0 Å². The first kappa shape index (κ1) is 19.6. The summed E-state index contributed by atoms with van der Waals surface area (Å²) in [5.41, 5.74) is 6.01. The van der Waals surface area contributed by atoms with Crippen molar-refractivity contribution in [2.24, 2.45) is 0 Å². The molecule has 136 valence electrons. The maximum atomic E-state index is 12.4. The molecule has 0 aliphatic carbocycles. The van der Waals surface area contributed by atoms with Gasteiger partial charge >= 0.3 is 0 Å². The number of aromatic nitrogens is 2. The molecular formula is C14H19N5O3S3. The number of hydrogen-bond acceptors (Lipinski definition) is 8. The summed E-state index contributed by atoms with van der Waals surface area (Å²) in [6.07, 6.45) is 0. The van der Waals surface area contributed by atoms with Crippen LogP contribution in [0.1, 0.15) is 13.8 Å². The Morgan fingerprint density at radius 3 is 2.40 bits per heavy atom. The monoisotopic (exact) mass is 401 g/mol. The molecule has 0 spiro atoms. The van der Waals surface area contributed by atoms with Crippen LogP contribution in [0, 0.1) is 0 Å². The molecule has 1 aromatic heterocycles. The number of anilines is 2. The van der Waals surface area contributed by atoms with Crippen molar-refractivity contribution in [1.29, 1.82) is 0 Å². The maximum Gasteiger partial charge on any atom is 0.243 e. The Kier molecular flexibility index (Phi) is 6.76. The standard InChI is InChI=1S/C14H19N5O3S3/c1-3-19(4-2)25(21,22)11-7-5-10(6-8-11)16-12(20)9-23-14-18-17-13(15)24-14/h5-8H,3-4,9H2,1-2H3,(H2,15,17)(H,16,20). The third-order valence-electron chi connectivity index (χ3n) is 3.23. The first-order chi connectivity index (χ1) is 11.9. The molecule has 0 unspecified atom stereocenters. The van der Waals surface area contributed by atoms with Crippen molar-refractivity contribution >= 4 is 49.8 Å². The van der Waals surface area contributed by atoms with E-state index in [9.17, 15) is 13.2 Å². The first-order valence-corrected chi connectivity index (χ1v) is 10.7. The van der Waals surface area contributed by atoms with Crippen LogP contribution in [-0.2, 0) is 14.8 Å². The Morgan fingerprint density at radius 1 is 1.24 bits per heavy atom. The van der Waals surface area contributed by atoms with E-state index in [0.717, 1.165) is 0 Å². The van der Waals surface area contributed by atoms with Gasteiger partial charge < -0.3 is 11.1 Å². The number of carbonyl (C=O) groups is 1. The molecule has 11 heteroatoms. The average molecular weight is 402 g/mol. The van der Waals surface area contributed by atoms with Crippen molar-refractivity contribution < 1.29 is 13.2 Å². The number of rotatable bonds is 8. The van der Waals surface area contributed by atoms with E-state index in [0.29, 0.717) is 28.2 Å². The van der Waals surface area contributed by atoms with E-state index < -0.39 is 10.0 Å². The second-order valence-corrected chi connectivity index (χ2v) is 9.03. The quantitative estimate of drug-likeness (QED) is 0.648. The molecule has 0 saturated carbocycles. The predicted molar refractivity (Wildman–Crippen MR) is 100 cm³/mol. The molecule has 0 atom stereocenters. The fourth-order valence-electron chi connectivity index (χ4n) is 2.03. The lowest BCUT2D eigenvalue weighted by molar-refractivity contribution is -0.113. The van der Waals surface area contributed by atoms with Crippen molar-refractivity contribution in [2.75, 3.05) is 29.9 Å². The number of nitrogens with one attached hydrogen (secondary N) is 1. The SMILES string of the molecule is CCN(CC)S(=O)(=O)c1ccc(NC(=O)CSc2nnc(N)s2)cc1. The Hall–Kier alpha value is -1.69. The van der Waals surface area contributed by atoms with Gasteiger partial charge in [0.2, 0.25) is 21.1 Å². The molecule has 0 aliphatic rings. The summed E-state index contributed by atoms with van der Waals surface area (Å²) in [6, 6.07) is 6.12. The molecule has 2 rings (SSSR count). The van der Waals surface area contributed by atoms with Crippen molar-refractivity contribution in [1.82, 2.24) is 14.5 Å². The average Bonchev–Trinajstić information content (AvgIpc) is 3.00. The molecule has 0 bridgehead atoms. The van der Waals surface area contributed by atoms with Crippen LogP contribution < -0.4 is 11.1 Å². The second-order valence-electron chi connectivity index (χ2n) is 4.86. The molecule has 2 aromatic rings. The number of carbonyl (C=O) groups excluding carboxylic acids is 1. The third-order valence-corrected chi connectivity index (χ3v) is 7.18. The molecule has 0 radical (unpaired) electrons. The maximum absolute atomic E-state index is 12.4. The van der Waals surface area contributed by atoms with Gasteiger partial charge in [0.25, 0.3) is 0 Å². The lowest BCUT2D eigenvalue weighted by atomic mass is 10.3. The van der Waals surface area contributed by atoms with Crippen molar-refractivity contribution in [3.8, 4) is 0 Å². The third kappa shape index (κ3) is 5.14. The van der Waals surface area contributed by atoms with Gasteiger partial charge in [-0.2, -0.15) is 4.31 Å². The van der Waals surface area contributed by atoms with Crippen LogP contribution in [-0.4, -0.2) is 47.7 Å². The fourth-order valence-corrected chi connectivity index (χ4v) is 4.92. The van der Waals surface area contributed by atoms with Gasteiger partial charge in [0.1, 0.15) is 0 Å². The Balaban J connectivity index is 1.96. The summed E-state index contributed by atoms with van der Waals surface area (Å²) in [7, 11) is -3.50. The summed E-state index contributed by atoms with van der Waals surface area (Å²) >= 11 is 2.45. The summed E-state index contributed by atoms with van der Waals surface area (Å²) < 4.78 is 26.8. The minimum Gasteiger partial charge on any atom is -0.374 e. The van der Waals surface area contributed by atoms with E-state index >= 15 is 0 Å². The summed E-state index contributed by atoms with van der Waals surface area (Å²) in [5, 5.41) is 10.6. The molecular weight excluding hydrogens is 382 g/mol. The Labute approximate surface area is 154 Å². The fraction of sp³-hybridized carbons (Fsp3) is 0.357. The summed E-state index contributed by atoms with van der Waals surface area (Å²) in [5.74, 6) is -0.0631. The molecule has 8 nitrogen and oxygen atoms in total. The Bertz CT molecular complexity index is 816. The van der Waals surface area contributed by atoms with Crippen LogP contribution in [0.4, 0.5) is 10.8 Å². The van der Waals surface area contributed by atoms with E-state index in [1.54, 1.807) is 26.0 Å². The van der Waals surface area contributed by atoms with Crippen LogP contribution in [0.3, 0.4) is 0 Å².